The van der Waals surface area contributed by atoms with Gasteiger partial charge in [-0.25, -0.2) is 0 Å². The summed E-state index contributed by atoms with van der Waals surface area (Å²) in [5, 5.41) is 9.66. The number of hydrogen-bond donors (Lipinski definition) is 1. The Morgan fingerprint density at radius 1 is 1.67 bits per heavy atom. The van der Waals surface area contributed by atoms with Gasteiger partial charge in [0, 0.05) is 25.3 Å². The molecule has 0 aromatic rings. The molecule has 0 bridgehead atoms. The van der Waals surface area contributed by atoms with Crippen molar-refractivity contribution in [2.45, 2.75) is 25.9 Å². The molecule has 1 atom stereocenters. The quantitative estimate of drug-likeness (QED) is 0.726. The Labute approximate surface area is 81.9 Å². The van der Waals surface area contributed by atoms with Gasteiger partial charge in [-0.15, -0.1) is 0 Å². The number of alkyl halides is 1. The highest BCUT2D eigenvalue weighted by Gasteiger charge is 2.07. The van der Waals surface area contributed by atoms with Crippen molar-refractivity contribution < 1.29 is 9.90 Å². The first-order valence-electron chi connectivity index (χ1n) is 4.06. The SMILES string of the molecule is CC(O)CCN(C)C(=O)CCBr. The van der Waals surface area contributed by atoms with E-state index in [0.29, 0.717) is 24.7 Å². The molecule has 0 rings (SSSR count). The van der Waals surface area contributed by atoms with Crippen molar-refractivity contribution in [3.8, 4) is 0 Å². The van der Waals surface area contributed by atoms with Gasteiger partial charge in [0.2, 0.25) is 5.91 Å². The monoisotopic (exact) mass is 237 g/mol. The van der Waals surface area contributed by atoms with Crippen LogP contribution in [0.1, 0.15) is 19.8 Å². The zero-order valence-corrected chi connectivity index (χ0v) is 9.17. The molecule has 0 aromatic heterocycles. The standard InChI is InChI=1S/C8H16BrNO2/c1-7(11)4-6-10(2)8(12)3-5-9/h7,11H,3-6H2,1-2H3. The first-order valence-corrected chi connectivity index (χ1v) is 5.18. The zero-order chi connectivity index (χ0) is 9.56. The lowest BCUT2D eigenvalue weighted by atomic mass is 10.2. The minimum absolute atomic E-state index is 0.118. The number of nitrogens with zero attached hydrogens (tertiary/aromatic N) is 1. The molecular formula is C8H16BrNO2. The number of halogens is 1. The molecule has 0 saturated carbocycles. The Morgan fingerprint density at radius 2 is 2.25 bits per heavy atom. The van der Waals surface area contributed by atoms with Gasteiger partial charge in [0.15, 0.2) is 0 Å². The van der Waals surface area contributed by atoms with Gasteiger partial charge in [-0.3, -0.25) is 4.79 Å². The van der Waals surface area contributed by atoms with Crippen LogP contribution in [0.3, 0.4) is 0 Å². The second kappa shape index (κ2) is 6.43. The van der Waals surface area contributed by atoms with Crippen LogP contribution in [-0.2, 0) is 4.79 Å². The second-order valence-electron chi connectivity index (χ2n) is 2.89. The van der Waals surface area contributed by atoms with Crippen molar-refractivity contribution in [2.24, 2.45) is 0 Å². The maximum Gasteiger partial charge on any atom is 0.223 e. The van der Waals surface area contributed by atoms with E-state index in [9.17, 15) is 4.79 Å². The van der Waals surface area contributed by atoms with E-state index >= 15 is 0 Å². The number of carbonyl (C=O) groups excluding carboxylic acids is 1. The summed E-state index contributed by atoms with van der Waals surface area (Å²) in [6, 6.07) is 0. The van der Waals surface area contributed by atoms with Crippen LogP contribution in [0.5, 0.6) is 0 Å². The zero-order valence-electron chi connectivity index (χ0n) is 7.59. The van der Waals surface area contributed by atoms with E-state index in [4.69, 9.17) is 5.11 Å². The Kier molecular flexibility index (Phi) is 6.38. The third-order valence-corrected chi connectivity index (χ3v) is 2.01. The molecule has 72 valence electrons. The van der Waals surface area contributed by atoms with Gasteiger partial charge in [-0.1, -0.05) is 15.9 Å². The lowest BCUT2D eigenvalue weighted by Crippen LogP contribution is -2.29. The molecule has 0 aliphatic rings. The summed E-state index contributed by atoms with van der Waals surface area (Å²) < 4.78 is 0. The van der Waals surface area contributed by atoms with Crippen LogP contribution >= 0.6 is 15.9 Å². The molecule has 0 saturated heterocycles. The molecule has 0 aliphatic heterocycles. The fourth-order valence-corrected chi connectivity index (χ4v) is 1.12. The molecule has 1 unspecified atom stereocenters. The summed E-state index contributed by atoms with van der Waals surface area (Å²) in [5.41, 5.74) is 0. The minimum Gasteiger partial charge on any atom is -0.393 e. The Bertz CT molecular complexity index is 139. The van der Waals surface area contributed by atoms with Gasteiger partial charge < -0.3 is 10.0 Å². The van der Waals surface area contributed by atoms with Crippen molar-refractivity contribution in [3.05, 3.63) is 0 Å². The molecule has 1 amide bonds. The van der Waals surface area contributed by atoms with Gasteiger partial charge in [0.1, 0.15) is 0 Å². The van der Waals surface area contributed by atoms with E-state index in [1.54, 1.807) is 18.9 Å². The first-order chi connectivity index (χ1) is 5.57. The molecule has 12 heavy (non-hydrogen) atoms. The van der Waals surface area contributed by atoms with E-state index in [1.165, 1.54) is 0 Å². The maximum atomic E-state index is 11.2. The van der Waals surface area contributed by atoms with Crippen LogP contribution in [0.25, 0.3) is 0 Å². The molecule has 0 heterocycles. The second-order valence-corrected chi connectivity index (χ2v) is 3.68. The number of amides is 1. The molecule has 0 aliphatic carbocycles. The van der Waals surface area contributed by atoms with Crippen molar-refractivity contribution in [2.75, 3.05) is 18.9 Å². The Hall–Kier alpha value is -0.0900. The number of hydrogen-bond acceptors (Lipinski definition) is 2. The molecule has 1 N–H and O–H groups in total. The minimum atomic E-state index is -0.329. The predicted molar refractivity (Wildman–Crippen MR) is 52.3 cm³/mol. The third kappa shape index (κ3) is 5.55. The van der Waals surface area contributed by atoms with Gasteiger partial charge in [-0.05, 0) is 13.3 Å². The van der Waals surface area contributed by atoms with E-state index < -0.39 is 0 Å². The van der Waals surface area contributed by atoms with Gasteiger partial charge in [0.25, 0.3) is 0 Å². The van der Waals surface area contributed by atoms with Crippen molar-refractivity contribution in [1.29, 1.82) is 0 Å². The van der Waals surface area contributed by atoms with E-state index in [0.717, 1.165) is 0 Å². The average molecular weight is 238 g/mol. The summed E-state index contributed by atoms with van der Waals surface area (Å²) in [5.74, 6) is 0.118. The number of aliphatic hydroxyl groups is 1. The highest BCUT2D eigenvalue weighted by Crippen LogP contribution is 1.97. The summed E-state index contributed by atoms with van der Waals surface area (Å²) in [4.78, 5) is 12.8. The lowest BCUT2D eigenvalue weighted by Gasteiger charge is -2.17. The highest BCUT2D eigenvalue weighted by atomic mass is 79.9. The van der Waals surface area contributed by atoms with Crippen molar-refractivity contribution >= 4 is 21.8 Å². The van der Waals surface area contributed by atoms with Crippen LogP contribution in [0.15, 0.2) is 0 Å². The first kappa shape index (κ1) is 11.9. The van der Waals surface area contributed by atoms with E-state index in [-0.39, 0.29) is 12.0 Å². The largest absolute Gasteiger partial charge is 0.393 e. The van der Waals surface area contributed by atoms with Gasteiger partial charge >= 0.3 is 0 Å². The van der Waals surface area contributed by atoms with Crippen molar-refractivity contribution in [3.63, 3.8) is 0 Å². The number of aliphatic hydroxyl groups excluding tert-OH is 1. The summed E-state index contributed by atoms with van der Waals surface area (Å²) in [6.45, 7) is 2.35. The molecule has 3 nitrogen and oxygen atoms in total. The Morgan fingerprint density at radius 3 is 2.67 bits per heavy atom. The fourth-order valence-electron chi connectivity index (χ4n) is 0.777. The van der Waals surface area contributed by atoms with Crippen LogP contribution in [0, 0.1) is 0 Å². The molecule has 4 heteroatoms. The summed E-state index contributed by atoms with van der Waals surface area (Å²) in [7, 11) is 1.76. The van der Waals surface area contributed by atoms with Crippen LogP contribution < -0.4 is 0 Å². The maximum absolute atomic E-state index is 11.2. The van der Waals surface area contributed by atoms with Crippen molar-refractivity contribution in [1.82, 2.24) is 4.90 Å². The molecule has 0 spiro atoms. The smallest absolute Gasteiger partial charge is 0.223 e. The molecule has 0 radical (unpaired) electrons. The fraction of sp³-hybridized carbons (Fsp3) is 0.875. The normalized spacial score (nSPS) is 12.7. The number of rotatable bonds is 5. The third-order valence-electron chi connectivity index (χ3n) is 1.62. The van der Waals surface area contributed by atoms with E-state index in [1.807, 2.05) is 0 Å². The molecular weight excluding hydrogens is 222 g/mol. The Balaban J connectivity index is 3.56. The summed E-state index contributed by atoms with van der Waals surface area (Å²) >= 11 is 3.20. The van der Waals surface area contributed by atoms with Crippen LogP contribution in [-0.4, -0.2) is 40.9 Å². The van der Waals surface area contributed by atoms with Crippen LogP contribution in [0.4, 0.5) is 0 Å². The topological polar surface area (TPSA) is 40.5 Å². The van der Waals surface area contributed by atoms with Crippen LogP contribution in [0.2, 0.25) is 0 Å². The van der Waals surface area contributed by atoms with Gasteiger partial charge in [0.05, 0.1) is 6.10 Å². The molecule has 0 fully saturated rings. The average Bonchev–Trinajstić information content (AvgIpc) is 2.00. The highest BCUT2D eigenvalue weighted by molar-refractivity contribution is 9.09. The molecule has 0 aromatic carbocycles. The summed E-state index contributed by atoms with van der Waals surface area (Å²) in [6.07, 6.45) is 0.838. The predicted octanol–water partition coefficient (Wildman–Crippen LogP) is 1.00. The van der Waals surface area contributed by atoms with Gasteiger partial charge in [-0.2, -0.15) is 0 Å². The van der Waals surface area contributed by atoms with E-state index in [2.05, 4.69) is 15.9 Å². The lowest BCUT2D eigenvalue weighted by molar-refractivity contribution is -0.129. The number of carbonyl (C=O) groups is 1.